The highest BCUT2D eigenvalue weighted by Crippen LogP contribution is 2.34. The van der Waals surface area contributed by atoms with Crippen LogP contribution in [0.15, 0.2) is 53.6 Å². The summed E-state index contributed by atoms with van der Waals surface area (Å²) in [5, 5.41) is 6.18. The van der Waals surface area contributed by atoms with E-state index in [-0.39, 0.29) is 30.3 Å². The van der Waals surface area contributed by atoms with Crippen molar-refractivity contribution in [1.29, 1.82) is 0 Å². The summed E-state index contributed by atoms with van der Waals surface area (Å²) >= 11 is 0. The van der Waals surface area contributed by atoms with Crippen LogP contribution >= 0.6 is 0 Å². The number of benzene rings is 2. The van der Waals surface area contributed by atoms with Gasteiger partial charge in [0.05, 0.1) is 32.0 Å². The first-order valence-corrected chi connectivity index (χ1v) is 11.7. The zero-order valence-electron chi connectivity index (χ0n) is 19.6. The van der Waals surface area contributed by atoms with E-state index in [1.807, 2.05) is 29.2 Å². The number of amides is 1. The van der Waals surface area contributed by atoms with Gasteiger partial charge in [-0.1, -0.05) is 30.7 Å². The fourth-order valence-electron chi connectivity index (χ4n) is 4.59. The van der Waals surface area contributed by atoms with Crippen molar-refractivity contribution >= 4 is 17.6 Å². The molecular weight excluding hydrogens is 437 g/mol. The number of piperidine rings is 1. The van der Waals surface area contributed by atoms with Crippen molar-refractivity contribution in [3.63, 3.8) is 0 Å². The Bertz CT molecular complexity index is 1060. The molecule has 1 fully saturated rings. The zero-order chi connectivity index (χ0) is 24.1. The predicted molar refractivity (Wildman–Crippen MR) is 126 cm³/mol. The molecule has 2 aliphatic heterocycles. The summed E-state index contributed by atoms with van der Waals surface area (Å²) in [6.07, 6.45) is 3.01. The molecule has 0 N–H and O–H groups in total. The van der Waals surface area contributed by atoms with E-state index in [1.165, 1.54) is 17.1 Å². The number of halogens is 1. The number of carbonyl (C=O) groups is 2. The van der Waals surface area contributed by atoms with Crippen LogP contribution in [-0.4, -0.2) is 60.3 Å². The van der Waals surface area contributed by atoms with Gasteiger partial charge in [-0.15, -0.1) is 0 Å². The highest BCUT2D eigenvalue weighted by molar-refractivity contribution is 6.03. The molecule has 0 bridgehead atoms. The van der Waals surface area contributed by atoms with Crippen molar-refractivity contribution in [2.45, 2.75) is 44.7 Å². The van der Waals surface area contributed by atoms with Gasteiger partial charge in [-0.25, -0.2) is 9.40 Å². The Morgan fingerprint density at radius 2 is 1.94 bits per heavy atom. The van der Waals surface area contributed by atoms with Crippen LogP contribution in [0.25, 0.3) is 0 Å². The molecule has 2 atom stereocenters. The SMILES string of the molecule is CCOC(=O)C1CCCCN1CC(=O)N1N=C(c2cccc(OC)c2)CC1c1ccc(F)cc1. The molecule has 34 heavy (non-hydrogen) atoms. The van der Waals surface area contributed by atoms with E-state index in [0.29, 0.717) is 31.7 Å². The van der Waals surface area contributed by atoms with Crippen LogP contribution in [0.1, 0.15) is 49.8 Å². The number of carbonyl (C=O) groups excluding carboxylic acids is 2. The Morgan fingerprint density at radius 1 is 1.15 bits per heavy atom. The van der Waals surface area contributed by atoms with Crippen molar-refractivity contribution in [3.05, 3.63) is 65.5 Å². The number of hydrazone groups is 1. The Kier molecular flexibility index (Phi) is 7.57. The highest BCUT2D eigenvalue weighted by atomic mass is 19.1. The van der Waals surface area contributed by atoms with Crippen molar-refractivity contribution in [2.24, 2.45) is 5.10 Å². The molecule has 7 nitrogen and oxygen atoms in total. The number of ether oxygens (including phenoxy) is 2. The molecule has 0 spiro atoms. The highest BCUT2D eigenvalue weighted by Gasteiger charge is 2.37. The molecule has 2 aromatic carbocycles. The normalized spacial score (nSPS) is 20.7. The molecule has 8 heteroatoms. The van der Waals surface area contributed by atoms with E-state index in [9.17, 15) is 14.0 Å². The van der Waals surface area contributed by atoms with Crippen molar-refractivity contribution in [1.82, 2.24) is 9.91 Å². The van der Waals surface area contributed by atoms with Gasteiger partial charge in [0.15, 0.2) is 0 Å². The fourth-order valence-corrected chi connectivity index (χ4v) is 4.59. The lowest BCUT2D eigenvalue weighted by Gasteiger charge is -2.34. The molecule has 2 aromatic rings. The molecule has 2 aliphatic rings. The van der Waals surface area contributed by atoms with E-state index in [1.54, 1.807) is 26.2 Å². The number of likely N-dealkylation sites (tertiary alicyclic amines) is 1. The first-order chi connectivity index (χ1) is 16.5. The minimum Gasteiger partial charge on any atom is -0.497 e. The quantitative estimate of drug-likeness (QED) is 0.577. The maximum atomic E-state index is 13.6. The third-order valence-corrected chi connectivity index (χ3v) is 6.33. The van der Waals surface area contributed by atoms with Gasteiger partial charge in [0, 0.05) is 12.0 Å². The van der Waals surface area contributed by atoms with Crippen LogP contribution in [0.4, 0.5) is 4.39 Å². The van der Waals surface area contributed by atoms with E-state index in [0.717, 1.165) is 29.7 Å². The topological polar surface area (TPSA) is 71.4 Å². The van der Waals surface area contributed by atoms with Crippen molar-refractivity contribution in [2.75, 3.05) is 26.8 Å². The molecular formula is C26H30FN3O4. The van der Waals surface area contributed by atoms with Gasteiger partial charge in [-0.05, 0) is 56.1 Å². The van der Waals surface area contributed by atoms with Gasteiger partial charge in [-0.3, -0.25) is 14.5 Å². The van der Waals surface area contributed by atoms with E-state index < -0.39 is 6.04 Å². The van der Waals surface area contributed by atoms with Crippen molar-refractivity contribution in [3.8, 4) is 5.75 Å². The zero-order valence-corrected chi connectivity index (χ0v) is 19.6. The standard InChI is InChI=1S/C26H30FN3O4/c1-3-34-26(32)23-9-4-5-14-29(23)17-25(31)30-24(18-10-12-20(27)13-11-18)16-22(28-30)19-7-6-8-21(15-19)33-2/h6-8,10-13,15,23-24H,3-5,9,14,16-17H2,1-2H3. The average Bonchev–Trinajstić information content (AvgIpc) is 3.31. The summed E-state index contributed by atoms with van der Waals surface area (Å²) in [4.78, 5) is 27.9. The second-order valence-corrected chi connectivity index (χ2v) is 8.52. The molecule has 0 aliphatic carbocycles. The number of esters is 1. The van der Waals surface area contributed by atoms with Crippen LogP contribution in [0, 0.1) is 5.82 Å². The maximum absolute atomic E-state index is 13.6. The Morgan fingerprint density at radius 3 is 2.68 bits per heavy atom. The molecule has 1 amide bonds. The molecule has 0 radical (unpaired) electrons. The predicted octanol–water partition coefficient (Wildman–Crippen LogP) is 3.93. The smallest absolute Gasteiger partial charge is 0.323 e. The minimum atomic E-state index is -0.425. The summed E-state index contributed by atoms with van der Waals surface area (Å²) in [6.45, 7) is 2.80. The van der Waals surface area contributed by atoms with Gasteiger partial charge < -0.3 is 9.47 Å². The third kappa shape index (κ3) is 5.28. The summed E-state index contributed by atoms with van der Waals surface area (Å²) in [5.74, 6) is -0.122. The first-order valence-electron chi connectivity index (χ1n) is 11.7. The summed E-state index contributed by atoms with van der Waals surface area (Å²) < 4.78 is 24.1. The average molecular weight is 468 g/mol. The molecule has 180 valence electrons. The lowest BCUT2D eigenvalue weighted by atomic mass is 9.98. The van der Waals surface area contributed by atoms with E-state index in [4.69, 9.17) is 14.6 Å². The van der Waals surface area contributed by atoms with E-state index in [2.05, 4.69) is 0 Å². The molecule has 2 heterocycles. The van der Waals surface area contributed by atoms with Crippen LogP contribution in [0.3, 0.4) is 0 Å². The largest absolute Gasteiger partial charge is 0.497 e. The number of hydrogen-bond acceptors (Lipinski definition) is 6. The van der Waals surface area contributed by atoms with Gasteiger partial charge in [0.1, 0.15) is 17.6 Å². The van der Waals surface area contributed by atoms with Crippen LogP contribution in [-0.2, 0) is 14.3 Å². The minimum absolute atomic E-state index is 0.0655. The Labute approximate surface area is 199 Å². The third-order valence-electron chi connectivity index (χ3n) is 6.33. The maximum Gasteiger partial charge on any atom is 0.323 e. The van der Waals surface area contributed by atoms with Gasteiger partial charge in [0.25, 0.3) is 5.91 Å². The summed E-state index contributed by atoms with van der Waals surface area (Å²) in [5.41, 5.74) is 2.42. The fraction of sp³-hybridized carbons (Fsp3) is 0.423. The Hall–Kier alpha value is -3.26. The van der Waals surface area contributed by atoms with Gasteiger partial charge in [0.2, 0.25) is 0 Å². The van der Waals surface area contributed by atoms with Crippen LogP contribution in [0.2, 0.25) is 0 Å². The molecule has 1 saturated heterocycles. The molecule has 2 unspecified atom stereocenters. The molecule has 4 rings (SSSR count). The Balaban J connectivity index is 1.60. The lowest BCUT2D eigenvalue weighted by molar-refractivity contribution is -0.152. The van der Waals surface area contributed by atoms with Crippen molar-refractivity contribution < 1.29 is 23.5 Å². The van der Waals surface area contributed by atoms with Crippen LogP contribution < -0.4 is 4.74 Å². The van der Waals surface area contributed by atoms with Gasteiger partial charge in [-0.2, -0.15) is 5.10 Å². The molecule has 0 saturated carbocycles. The lowest BCUT2D eigenvalue weighted by Crippen LogP contribution is -2.49. The number of methoxy groups -OCH3 is 1. The van der Waals surface area contributed by atoms with Gasteiger partial charge >= 0.3 is 5.97 Å². The second kappa shape index (κ2) is 10.8. The number of rotatable bonds is 7. The summed E-state index contributed by atoms with van der Waals surface area (Å²) in [6, 6.07) is 12.9. The number of nitrogens with zero attached hydrogens (tertiary/aromatic N) is 3. The van der Waals surface area contributed by atoms with Crippen LogP contribution in [0.5, 0.6) is 5.75 Å². The first kappa shape index (κ1) is 23.9. The molecule has 0 aromatic heterocycles. The monoisotopic (exact) mass is 467 g/mol. The van der Waals surface area contributed by atoms with E-state index >= 15 is 0 Å². The number of hydrogen-bond donors (Lipinski definition) is 0. The summed E-state index contributed by atoms with van der Waals surface area (Å²) in [7, 11) is 1.60. The second-order valence-electron chi connectivity index (χ2n) is 8.52.